The minimum Gasteiger partial charge on any atom is -0.618 e. The Bertz CT molecular complexity index is 1190. The number of nitrogens with one attached hydrogen (secondary N) is 1. The number of piperidine rings is 1. The summed E-state index contributed by atoms with van der Waals surface area (Å²) in [7, 11) is 0. The van der Waals surface area contributed by atoms with Crippen LogP contribution in [0.3, 0.4) is 0 Å². The molecule has 1 aromatic carbocycles. The molecule has 2 unspecified atom stereocenters. The van der Waals surface area contributed by atoms with E-state index < -0.39 is 5.91 Å². The summed E-state index contributed by atoms with van der Waals surface area (Å²) < 4.78 is 7.86. The summed E-state index contributed by atoms with van der Waals surface area (Å²) in [5.41, 5.74) is 1.14. The standard InChI is InChI=1S/C27H29BrCl2N4O3/c1-18(9-14-32-27(35)24-22(29)12-17-34(36)26(24)30)33-15-10-20(11-16-33)25(19-5-7-21(28)8-6-19)37-23-4-2-3-13-31-23/h2-8,12-13,17-18,20,25H,9-11,14-16H2,1H3,(H,32,35). The number of carbonyl (C=O) groups is 1. The maximum Gasteiger partial charge on any atom is 0.300 e. The third kappa shape index (κ3) is 7.13. The Hall–Kier alpha value is -2.39. The Kier molecular flexibility index (Phi) is 9.65. The fourth-order valence-electron chi connectivity index (χ4n) is 4.66. The molecular formula is C27H29BrCl2N4O3. The summed E-state index contributed by atoms with van der Waals surface area (Å²) in [6, 6.07) is 15.6. The molecule has 0 saturated carbocycles. The molecule has 0 bridgehead atoms. The lowest BCUT2D eigenvalue weighted by Gasteiger charge is -2.39. The van der Waals surface area contributed by atoms with Crippen molar-refractivity contribution in [2.24, 2.45) is 5.92 Å². The van der Waals surface area contributed by atoms with Crippen LogP contribution in [-0.2, 0) is 0 Å². The molecule has 1 fully saturated rings. The van der Waals surface area contributed by atoms with Gasteiger partial charge in [-0.15, -0.1) is 0 Å². The third-order valence-corrected chi connectivity index (χ3v) is 7.98. The van der Waals surface area contributed by atoms with Crippen molar-refractivity contribution >= 4 is 45.0 Å². The first-order valence-corrected chi connectivity index (χ1v) is 13.8. The highest BCUT2D eigenvalue weighted by Crippen LogP contribution is 2.35. The zero-order valence-electron chi connectivity index (χ0n) is 20.4. The van der Waals surface area contributed by atoms with Gasteiger partial charge in [-0.05, 0) is 74.6 Å². The van der Waals surface area contributed by atoms with Gasteiger partial charge in [0.2, 0.25) is 5.88 Å². The molecule has 3 aromatic rings. The molecular weight excluding hydrogens is 579 g/mol. The van der Waals surface area contributed by atoms with Crippen LogP contribution in [0, 0.1) is 11.1 Å². The van der Waals surface area contributed by atoms with E-state index in [4.69, 9.17) is 27.9 Å². The molecule has 2 atom stereocenters. The third-order valence-electron chi connectivity index (χ3n) is 6.78. The van der Waals surface area contributed by atoms with E-state index in [2.05, 4.69) is 50.2 Å². The molecule has 0 spiro atoms. The van der Waals surface area contributed by atoms with E-state index in [0.717, 1.165) is 42.4 Å². The molecule has 1 aliphatic heterocycles. The van der Waals surface area contributed by atoms with E-state index >= 15 is 0 Å². The van der Waals surface area contributed by atoms with Crippen LogP contribution in [0.25, 0.3) is 0 Å². The highest BCUT2D eigenvalue weighted by molar-refractivity contribution is 9.10. The fourth-order valence-corrected chi connectivity index (χ4v) is 5.45. The van der Waals surface area contributed by atoms with Crippen molar-refractivity contribution in [2.75, 3.05) is 19.6 Å². The number of hydrogen-bond donors (Lipinski definition) is 1. The van der Waals surface area contributed by atoms with Crippen molar-refractivity contribution in [3.05, 3.63) is 91.9 Å². The van der Waals surface area contributed by atoms with E-state index in [1.807, 2.05) is 30.3 Å². The highest BCUT2D eigenvalue weighted by Gasteiger charge is 2.31. The van der Waals surface area contributed by atoms with Crippen LogP contribution in [0.15, 0.2) is 65.4 Å². The Morgan fingerprint density at radius 3 is 2.62 bits per heavy atom. The quantitative estimate of drug-likeness (QED) is 0.188. The SMILES string of the molecule is CC(CCNC(=O)c1c(Cl)cc[n+]([O-])c1Cl)N1CCC(C(Oc2ccccn2)c2ccc(Br)cc2)CC1. The summed E-state index contributed by atoms with van der Waals surface area (Å²) >= 11 is 15.6. The molecule has 0 radical (unpaired) electrons. The second kappa shape index (κ2) is 12.9. The Balaban J connectivity index is 1.32. The number of aromatic nitrogens is 2. The van der Waals surface area contributed by atoms with Gasteiger partial charge in [0, 0.05) is 41.3 Å². The Labute approximate surface area is 235 Å². The van der Waals surface area contributed by atoms with Crippen molar-refractivity contribution in [1.29, 1.82) is 0 Å². The molecule has 3 heterocycles. The first-order valence-electron chi connectivity index (χ1n) is 12.3. The molecule has 37 heavy (non-hydrogen) atoms. The normalized spacial score (nSPS) is 16.2. The monoisotopic (exact) mass is 606 g/mol. The summed E-state index contributed by atoms with van der Waals surface area (Å²) in [5, 5.41) is 14.5. The molecule has 196 valence electrons. The highest BCUT2D eigenvalue weighted by atomic mass is 79.9. The van der Waals surface area contributed by atoms with Crippen LogP contribution in [-0.4, -0.2) is 41.5 Å². The van der Waals surface area contributed by atoms with Gasteiger partial charge in [-0.2, -0.15) is 4.73 Å². The average molecular weight is 608 g/mol. The lowest BCUT2D eigenvalue weighted by atomic mass is 9.86. The first kappa shape index (κ1) is 27.6. The number of rotatable bonds is 9. The van der Waals surface area contributed by atoms with Crippen LogP contribution in [0.2, 0.25) is 10.2 Å². The zero-order valence-corrected chi connectivity index (χ0v) is 23.5. The maximum atomic E-state index is 12.6. The summed E-state index contributed by atoms with van der Waals surface area (Å²) in [5.74, 6) is 0.533. The summed E-state index contributed by atoms with van der Waals surface area (Å²) in [6.45, 7) is 4.48. The Morgan fingerprint density at radius 2 is 1.95 bits per heavy atom. The molecule has 1 N–H and O–H groups in total. The van der Waals surface area contributed by atoms with Crippen molar-refractivity contribution in [1.82, 2.24) is 15.2 Å². The predicted molar refractivity (Wildman–Crippen MR) is 148 cm³/mol. The number of ether oxygens (including phenoxy) is 1. The van der Waals surface area contributed by atoms with E-state index in [-0.39, 0.29) is 27.9 Å². The van der Waals surface area contributed by atoms with Gasteiger partial charge in [0.25, 0.3) is 5.91 Å². The molecule has 7 nitrogen and oxygen atoms in total. The van der Waals surface area contributed by atoms with Crippen LogP contribution in [0.1, 0.15) is 48.2 Å². The van der Waals surface area contributed by atoms with Crippen LogP contribution >= 0.6 is 39.1 Å². The number of pyridine rings is 2. The lowest BCUT2D eigenvalue weighted by molar-refractivity contribution is -0.603. The van der Waals surface area contributed by atoms with Gasteiger partial charge < -0.3 is 20.2 Å². The number of hydrogen-bond acceptors (Lipinski definition) is 5. The topological polar surface area (TPSA) is 81.4 Å². The maximum absolute atomic E-state index is 12.6. The minimum atomic E-state index is -0.449. The van der Waals surface area contributed by atoms with Crippen LogP contribution < -0.4 is 14.8 Å². The van der Waals surface area contributed by atoms with Gasteiger partial charge in [0.1, 0.15) is 11.7 Å². The van der Waals surface area contributed by atoms with Crippen molar-refractivity contribution < 1.29 is 14.3 Å². The number of carbonyl (C=O) groups excluding carboxylic acids is 1. The zero-order chi connectivity index (χ0) is 26.4. The number of benzene rings is 1. The van der Waals surface area contributed by atoms with Gasteiger partial charge in [-0.1, -0.05) is 45.7 Å². The van der Waals surface area contributed by atoms with Crippen molar-refractivity contribution in [2.45, 2.75) is 38.3 Å². The first-order chi connectivity index (χ1) is 17.8. The molecule has 2 aromatic heterocycles. The summed E-state index contributed by atoms with van der Waals surface area (Å²) in [6.07, 6.45) is 5.58. The molecule has 1 aliphatic rings. The van der Waals surface area contributed by atoms with Gasteiger partial charge in [-0.25, -0.2) is 4.98 Å². The lowest BCUT2D eigenvalue weighted by Crippen LogP contribution is -2.43. The van der Waals surface area contributed by atoms with E-state index in [0.29, 0.717) is 23.1 Å². The predicted octanol–water partition coefficient (Wildman–Crippen LogP) is 5.83. The van der Waals surface area contributed by atoms with Crippen LogP contribution in [0.4, 0.5) is 0 Å². The van der Waals surface area contributed by atoms with Gasteiger partial charge in [-0.3, -0.25) is 4.79 Å². The number of amides is 1. The second-order valence-electron chi connectivity index (χ2n) is 9.18. The number of nitrogens with zero attached hydrogens (tertiary/aromatic N) is 3. The van der Waals surface area contributed by atoms with Crippen LogP contribution in [0.5, 0.6) is 5.88 Å². The number of likely N-dealkylation sites (tertiary alicyclic amines) is 1. The average Bonchev–Trinajstić information content (AvgIpc) is 2.91. The van der Waals surface area contributed by atoms with Gasteiger partial charge >= 0.3 is 5.15 Å². The van der Waals surface area contributed by atoms with Crippen molar-refractivity contribution in [3.8, 4) is 5.88 Å². The minimum absolute atomic E-state index is 0.00110. The second-order valence-corrected chi connectivity index (χ2v) is 10.9. The summed E-state index contributed by atoms with van der Waals surface area (Å²) in [4.78, 5) is 19.4. The van der Waals surface area contributed by atoms with Gasteiger partial charge in [0.05, 0.1) is 5.02 Å². The molecule has 1 amide bonds. The van der Waals surface area contributed by atoms with Crippen molar-refractivity contribution in [3.63, 3.8) is 0 Å². The Morgan fingerprint density at radius 1 is 1.22 bits per heavy atom. The molecule has 10 heteroatoms. The van der Waals surface area contributed by atoms with E-state index in [1.54, 1.807) is 6.20 Å². The van der Waals surface area contributed by atoms with E-state index in [1.165, 1.54) is 12.3 Å². The largest absolute Gasteiger partial charge is 0.618 e. The van der Waals surface area contributed by atoms with Gasteiger partial charge in [0.15, 0.2) is 6.20 Å². The molecule has 0 aliphatic carbocycles. The molecule has 4 rings (SSSR count). The van der Waals surface area contributed by atoms with E-state index in [9.17, 15) is 10.0 Å². The fraction of sp³-hybridized carbons (Fsp3) is 0.370. The molecule has 1 saturated heterocycles. The number of halogens is 3. The smallest absolute Gasteiger partial charge is 0.300 e.